The van der Waals surface area contributed by atoms with Gasteiger partial charge in [-0.3, -0.25) is 14.5 Å². The molecule has 8 heteroatoms. The number of nitrogens with one attached hydrogen (secondary N) is 3. The van der Waals surface area contributed by atoms with Gasteiger partial charge in [0.2, 0.25) is 0 Å². The number of anilines is 1. The zero-order valence-electron chi connectivity index (χ0n) is 11.8. The van der Waals surface area contributed by atoms with E-state index in [4.69, 9.17) is 0 Å². The maximum absolute atomic E-state index is 12.4. The molecule has 0 atom stereocenters. The van der Waals surface area contributed by atoms with E-state index in [9.17, 15) is 18.0 Å². The van der Waals surface area contributed by atoms with E-state index in [1.807, 2.05) is 18.0 Å². The first kappa shape index (κ1) is 15.0. The van der Waals surface area contributed by atoms with E-state index < -0.39 is 26.2 Å². The minimum absolute atomic E-state index is 0.0124. The van der Waals surface area contributed by atoms with Crippen molar-refractivity contribution >= 4 is 15.7 Å². The van der Waals surface area contributed by atoms with Gasteiger partial charge < -0.3 is 4.98 Å². The maximum atomic E-state index is 12.4. The third-order valence-corrected chi connectivity index (χ3v) is 4.50. The van der Waals surface area contributed by atoms with Crippen molar-refractivity contribution in [3.05, 3.63) is 55.9 Å². The van der Waals surface area contributed by atoms with Crippen molar-refractivity contribution in [2.45, 2.75) is 25.7 Å². The van der Waals surface area contributed by atoms with Gasteiger partial charge in [0.25, 0.3) is 15.6 Å². The van der Waals surface area contributed by atoms with Gasteiger partial charge in [0.1, 0.15) is 0 Å². The standard InChI is InChI=1S/C13H15N3O4S/c1-7-4-5-8(2)10(6-7)16-21(19,20)11-9(3)14-13(18)15-12(11)17/h4-6,16H,1-3H3,(H2,14,15,17,18). The lowest BCUT2D eigenvalue weighted by molar-refractivity contribution is 0.598. The number of benzene rings is 1. The Hall–Kier alpha value is -2.35. The second kappa shape index (κ2) is 5.21. The molecule has 0 aliphatic rings. The summed E-state index contributed by atoms with van der Waals surface area (Å²) < 4.78 is 27.1. The molecule has 3 N–H and O–H groups in total. The molecular formula is C13H15N3O4S. The lowest BCUT2D eigenvalue weighted by Gasteiger charge is -2.11. The van der Waals surface area contributed by atoms with Crippen LogP contribution in [-0.2, 0) is 10.0 Å². The number of hydrogen-bond donors (Lipinski definition) is 3. The Morgan fingerprint density at radius 1 is 1.05 bits per heavy atom. The molecule has 0 aliphatic carbocycles. The molecule has 0 radical (unpaired) electrons. The number of aromatic nitrogens is 2. The van der Waals surface area contributed by atoms with Gasteiger partial charge in [-0.25, -0.2) is 13.2 Å². The van der Waals surface area contributed by atoms with Crippen LogP contribution in [0.3, 0.4) is 0 Å². The third-order valence-electron chi connectivity index (χ3n) is 2.98. The Bertz CT molecular complexity index is 910. The largest absolute Gasteiger partial charge is 0.325 e. The third kappa shape index (κ3) is 3.05. The molecule has 0 saturated carbocycles. The SMILES string of the molecule is Cc1ccc(C)c(NS(=O)(=O)c2c(C)[nH]c(=O)[nH]c2=O)c1. The number of hydrogen-bond acceptors (Lipinski definition) is 4. The lowest BCUT2D eigenvalue weighted by atomic mass is 10.1. The monoisotopic (exact) mass is 309 g/mol. The minimum Gasteiger partial charge on any atom is -0.310 e. The average Bonchev–Trinajstić information content (AvgIpc) is 2.31. The Morgan fingerprint density at radius 2 is 1.71 bits per heavy atom. The highest BCUT2D eigenvalue weighted by Crippen LogP contribution is 2.20. The van der Waals surface area contributed by atoms with Crippen LogP contribution in [0, 0.1) is 20.8 Å². The highest BCUT2D eigenvalue weighted by Gasteiger charge is 2.22. The Morgan fingerprint density at radius 3 is 2.33 bits per heavy atom. The summed E-state index contributed by atoms with van der Waals surface area (Å²) in [5, 5.41) is 0. The second-order valence-electron chi connectivity index (χ2n) is 4.79. The average molecular weight is 309 g/mol. The molecule has 21 heavy (non-hydrogen) atoms. The van der Waals surface area contributed by atoms with Crippen LogP contribution in [0.25, 0.3) is 0 Å². The van der Waals surface area contributed by atoms with Gasteiger partial charge in [-0.05, 0) is 38.0 Å². The van der Waals surface area contributed by atoms with Crippen molar-refractivity contribution in [3.8, 4) is 0 Å². The van der Waals surface area contributed by atoms with Gasteiger partial charge in [0.15, 0.2) is 4.90 Å². The van der Waals surface area contributed by atoms with Crippen LogP contribution in [0.4, 0.5) is 5.69 Å². The van der Waals surface area contributed by atoms with Crippen LogP contribution in [0.15, 0.2) is 32.7 Å². The predicted octanol–water partition coefficient (Wildman–Crippen LogP) is 0.789. The van der Waals surface area contributed by atoms with Gasteiger partial charge in [-0.15, -0.1) is 0 Å². The second-order valence-corrected chi connectivity index (χ2v) is 6.41. The summed E-state index contributed by atoms with van der Waals surface area (Å²) in [4.78, 5) is 26.6. The van der Waals surface area contributed by atoms with E-state index in [1.165, 1.54) is 6.92 Å². The van der Waals surface area contributed by atoms with Crippen molar-refractivity contribution in [2.24, 2.45) is 0 Å². The summed E-state index contributed by atoms with van der Waals surface area (Å²) in [7, 11) is -4.09. The van der Waals surface area contributed by atoms with Crippen LogP contribution < -0.4 is 16.0 Å². The predicted molar refractivity (Wildman–Crippen MR) is 79.1 cm³/mol. The fraction of sp³-hybridized carbons (Fsp3) is 0.231. The summed E-state index contributed by atoms with van der Waals surface area (Å²) >= 11 is 0. The fourth-order valence-corrected chi connectivity index (χ4v) is 3.31. The van der Waals surface area contributed by atoms with Gasteiger partial charge in [-0.2, -0.15) is 0 Å². The molecule has 1 heterocycles. The smallest absolute Gasteiger partial charge is 0.310 e. The van der Waals surface area contributed by atoms with Crippen LogP contribution >= 0.6 is 0 Å². The molecular weight excluding hydrogens is 294 g/mol. The molecule has 1 aromatic heterocycles. The molecule has 0 fully saturated rings. The van der Waals surface area contributed by atoms with E-state index in [1.54, 1.807) is 19.1 Å². The van der Waals surface area contributed by atoms with E-state index in [2.05, 4.69) is 9.71 Å². The number of aromatic amines is 2. The Labute approximate surface area is 121 Å². The van der Waals surface area contributed by atoms with Crippen LogP contribution in [0.2, 0.25) is 0 Å². The van der Waals surface area contributed by atoms with Crippen LogP contribution in [-0.4, -0.2) is 18.4 Å². The molecule has 2 aromatic rings. The Balaban J connectivity index is 2.56. The van der Waals surface area contributed by atoms with Gasteiger partial charge >= 0.3 is 5.69 Å². The minimum atomic E-state index is -4.09. The summed E-state index contributed by atoms with van der Waals surface area (Å²) in [5.41, 5.74) is 0.284. The summed E-state index contributed by atoms with van der Waals surface area (Å²) in [6.07, 6.45) is 0. The first-order chi connectivity index (χ1) is 9.70. The zero-order chi connectivity index (χ0) is 15.8. The first-order valence-corrected chi connectivity index (χ1v) is 7.62. The lowest BCUT2D eigenvalue weighted by Crippen LogP contribution is -2.31. The van der Waals surface area contributed by atoms with Crippen molar-refractivity contribution in [1.29, 1.82) is 0 Å². The number of aryl methyl sites for hydroxylation is 3. The van der Waals surface area contributed by atoms with Crippen molar-refractivity contribution in [2.75, 3.05) is 4.72 Å². The van der Waals surface area contributed by atoms with Gasteiger partial charge in [-0.1, -0.05) is 12.1 Å². The molecule has 0 saturated heterocycles. The fourth-order valence-electron chi connectivity index (χ4n) is 1.95. The summed E-state index contributed by atoms with van der Waals surface area (Å²) in [6, 6.07) is 5.30. The molecule has 0 aliphatic heterocycles. The quantitative estimate of drug-likeness (QED) is 0.778. The normalized spacial score (nSPS) is 11.4. The topological polar surface area (TPSA) is 112 Å². The molecule has 2 rings (SSSR count). The molecule has 0 spiro atoms. The molecule has 112 valence electrons. The van der Waals surface area contributed by atoms with Gasteiger partial charge in [0, 0.05) is 5.69 Å². The van der Waals surface area contributed by atoms with E-state index >= 15 is 0 Å². The summed E-state index contributed by atoms with van der Waals surface area (Å²) in [5.74, 6) is 0. The van der Waals surface area contributed by atoms with E-state index in [0.29, 0.717) is 5.69 Å². The first-order valence-electron chi connectivity index (χ1n) is 6.14. The number of H-pyrrole nitrogens is 2. The van der Waals surface area contributed by atoms with Crippen molar-refractivity contribution < 1.29 is 8.42 Å². The molecule has 0 unspecified atom stereocenters. The summed E-state index contributed by atoms with van der Waals surface area (Å²) in [6.45, 7) is 4.94. The highest BCUT2D eigenvalue weighted by molar-refractivity contribution is 7.92. The van der Waals surface area contributed by atoms with Gasteiger partial charge in [0.05, 0.1) is 5.69 Å². The molecule has 0 bridgehead atoms. The zero-order valence-corrected chi connectivity index (χ0v) is 12.6. The number of rotatable bonds is 3. The van der Waals surface area contributed by atoms with Crippen molar-refractivity contribution in [1.82, 2.24) is 9.97 Å². The maximum Gasteiger partial charge on any atom is 0.325 e. The van der Waals surface area contributed by atoms with Crippen LogP contribution in [0.1, 0.15) is 16.8 Å². The Kier molecular flexibility index (Phi) is 3.73. The van der Waals surface area contributed by atoms with Crippen LogP contribution in [0.5, 0.6) is 0 Å². The van der Waals surface area contributed by atoms with E-state index in [-0.39, 0.29) is 5.69 Å². The molecule has 0 amide bonds. The van der Waals surface area contributed by atoms with Crippen molar-refractivity contribution in [3.63, 3.8) is 0 Å². The molecule has 7 nitrogen and oxygen atoms in total. The van der Waals surface area contributed by atoms with E-state index in [0.717, 1.165) is 11.1 Å². The highest BCUT2D eigenvalue weighted by atomic mass is 32.2. The molecule has 1 aromatic carbocycles. The number of sulfonamides is 1.